The monoisotopic (exact) mass is 446 g/mol. The molecule has 0 aliphatic heterocycles. The molecule has 0 heterocycles. The minimum atomic E-state index is -4.62. The van der Waals surface area contributed by atoms with Crippen molar-refractivity contribution in [3.8, 4) is 5.75 Å². The van der Waals surface area contributed by atoms with E-state index in [4.69, 9.17) is 0 Å². The minimum absolute atomic E-state index is 0.188. The smallest absolute Gasteiger partial charge is 0.218 e. The van der Waals surface area contributed by atoms with E-state index in [1.54, 1.807) is 42.5 Å². The minimum Gasteiger partial charge on any atom is -0.726 e. The highest BCUT2D eigenvalue weighted by Crippen LogP contribution is 2.20. The van der Waals surface area contributed by atoms with Gasteiger partial charge in [-0.1, -0.05) is 60.2 Å². The molecule has 3 rings (SSSR count). The molecule has 0 radical (unpaired) electrons. The Morgan fingerprint density at radius 2 is 1.63 bits per heavy atom. The second kappa shape index (κ2) is 11.2. The molecule has 2 unspecified atom stereocenters. The fourth-order valence-electron chi connectivity index (χ4n) is 2.77. The van der Waals surface area contributed by atoms with Gasteiger partial charge in [-0.15, -0.1) is 0 Å². The Hall–Kier alpha value is -2.32. The van der Waals surface area contributed by atoms with Crippen molar-refractivity contribution in [1.29, 1.82) is 0 Å². The average molecular weight is 447 g/mol. The van der Waals surface area contributed by atoms with Gasteiger partial charge in [-0.2, -0.15) is 0 Å². The van der Waals surface area contributed by atoms with Crippen LogP contribution in [0.1, 0.15) is 29.7 Å². The normalized spacial score (nSPS) is 13.1. The standard InChI is InChI=1S/C15H16OS.C8H10O4S/c1-12-4-3-5-13(10-12)11-17(2)15-8-6-14(16)7-9-15;1-7(12-13(9,10)11)8-5-3-2-4-6-8/h3-10H,11H2,1-2H3;2-7H,1H3,(H,9,10,11). The molecule has 5 nitrogen and oxygen atoms in total. The number of phenols is 1. The first-order chi connectivity index (χ1) is 14.1. The van der Waals surface area contributed by atoms with Crippen LogP contribution in [-0.2, 0) is 31.2 Å². The Balaban J connectivity index is 0.000000222. The highest BCUT2D eigenvalue weighted by Gasteiger charge is 2.16. The fourth-order valence-corrected chi connectivity index (χ4v) is 4.68. The summed E-state index contributed by atoms with van der Waals surface area (Å²) in [6.45, 7) is 3.63. The summed E-state index contributed by atoms with van der Waals surface area (Å²) in [6.07, 6.45) is 1.51. The van der Waals surface area contributed by atoms with Crippen molar-refractivity contribution in [3.63, 3.8) is 0 Å². The van der Waals surface area contributed by atoms with E-state index in [1.165, 1.54) is 22.9 Å². The van der Waals surface area contributed by atoms with Gasteiger partial charge in [-0.05, 0) is 43.7 Å². The number of aryl methyl sites for hydroxylation is 1. The third-order valence-electron chi connectivity index (χ3n) is 4.24. The van der Waals surface area contributed by atoms with Crippen LogP contribution in [0.5, 0.6) is 5.75 Å². The Labute approximate surface area is 181 Å². The van der Waals surface area contributed by atoms with Crippen LogP contribution >= 0.6 is 0 Å². The molecule has 0 amide bonds. The van der Waals surface area contributed by atoms with Crippen molar-refractivity contribution in [3.05, 3.63) is 95.6 Å². The molecule has 30 heavy (non-hydrogen) atoms. The van der Waals surface area contributed by atoms with Gasteiger partial charge in [-0.25, -0.2) is 8.42 Å². The van der Waals surface area contributed by atoms with Crippen LogP contribution in [0.25, 0.3) is 0 Å². The van der Waals surface area contributed by atoms with Gasteiger partial charge in [0.25, 0.3) is 0 Å². The Morgan fingerprint density at radius 3 is 2.20 bits per heavy atom. The molecular formula is C23H26O5S2. The second-order valence-corrected chi connectivity index (χ2v) is 9.87. The van der Waals surface area contributed by atoms with E-state index in [0.717, 1.165) is 5.75 Å². The summed E-state index contributed by atoms with van der Waals surface area (Å²) >= 11 is 0. The molecule has 0 bridgehead atoms. The van der Waals surface area contributed by atoms with E-state index < -0.39 is 16.5 Å². The van der Waals surface area contributed by atoms with E-state index in [-0.39, 0.29) is 10.9 Å². The molecule has 7 heteroatoms. The van der Waals surface area contributed by atoms with Crippen LogP contribution in [-0.4, -0.2) is 24.3 Å². The number of hydrogen-bond donors (Lipinski definition) is 1. The van der Waals surface area contributed by atoms with Gasteiger partial charge < -0.3 is 9.66 Å². The Kier molecular flexibility index (Phi) is 8.92. The molecule has 0 aliphatic carbocycles. The summed E-state index contributed by atoms with van der Waals surface area (Å²) in [5.74, 6) is 1.40. The van der Waals surface area contributed by atoms with Crippen LogP contribution < -0.4 is 0 Å². The fraction of sp³-hybridized carbons (Fsp3) is 0.217. The van der Waals surface area contributed by atoms with E-state index in [9.17, 15) is 18.1 Å². The van der Waals surface area contributed by atoms with Gasteiger partial charge >= 0.3 is 0 Å². The van der Waals surface area contributed by atoms with Gasteiger partial charge in [0.1, 0.15) is 17.8 Å². The zero-order valence-electron chi connectivity index (χ0n) is 17.2. The molecule has 1 N–H and O–H groups in total. The Bertz CT molecular complexity index is 1020. The maximum Gasteiger partial charge on any atom is 0.218 e. The average Bonchev–Trinajstić information content (AvgIpc) is 2.68. The van der Waals surface area contributed by atoms with Gasteiger partial charge in [-0.3, -0.25) is 4.18 Å². The number of benzene rings is 3. The van der Waals surface area contributed by atoms with Crippen LogP contribution in [0.3, 0.4) is 0 Å². The quantitative estimate of drug-likeness (QED) is 0.336. The lowest BCUT2D eigenvalue weighted by Crippen LogP contribution is -2.08. The summed E-state index contributed by atoms with van der Waals surface area (Å²) in [5, 5.41) is 9.27. The zero-order valence-corrected chi connectivity index (χ0v) is 18.8. The molecule has 3 aromatic carbocycles. The number of hydrogen-bond acceptors (Lipinski definition) is 5. The predicted octanol–water partition coefficient (Wildman–Crippen LogP) is 4.73. The van der Waals surface area contributed by atoms with Crippen LogP contribution in [0.4, 0.5) is 0 Å². The van der Waals surface area contributed by atoms with Crippen molar-refractivity contribution in [2.24, 2.45) is 0 Å². The van der Waals surface area contributed by atoms with Crippen molar-refractivity contribution >= 4 is 21.3 Å². The summed E-state index contributed by atoms with van der Waals surface area (Å²) in [5.41, 5.74) is 3.34. The molecule has 0 saturated carbocycles. The number of phenolic OH excluding ortho intramolecular Hbond substituents is 1. The molecule has 0 saturated heterocycles. The van der Waals surface area contributed by atoms with Crippen LogP contribution in [0.2, 0.25) is 0 Å². The molecule has 160 valence electrons. The SMILES string of the molecule is CC(OS(=O)(=O)[O-])c1ccccc1.Cc1cccc(C[S+](C)c2ccc(O)cc2)c1. The summed E-state index contributed by atoms with van der Waals surface area (Å²) in [7, 11) is -4.43. The molecule has 0 spiro atoms. The molecule has 0 aliphatic rings. The first-order valence-corrected chi connectivity index (χ1v) is 12.4. The van der Waals surface area contributed by atoms with Gasteiger partial charge in [0, 0.05) is 16.5 Å². The largest absolute Gasteiger partial charge is 0.726 e. The number of rotatable bonds is 6. The first kappa shape index (κ1) is 24.0. The van der Waals surface area contributed by atoms with Crippen LogP contribution in [0.15, 0.2) is 83.8 Å². The van der Waals surface area contributed by atoms with Gasteiger partial charge in [0.15, 0.2) is 4.90 Å². The maximum atomic E-state index is 10.2. The lowest BCUT2D eigenvalue weighted by atomic mass is 10.1. The molecule has 2 atom stereocenters. The molecular weight excluding hydrogens is 420 g/mol. The molecule has 0 aromatic heterocycles. The molecule has 3 aromatic rings. The third-order valence-corrected chi connectivity index (χ3v) is 6.60. The zero-order chi connectivity index (χ0) is 22.1. The highest BCUT2D eigenvalue weighted by atomic mass is 32.3. The number of aromatic hydroxyl groups is 1. The second-order valence-electron chi connectivity index (χ2n) is 6.82. The maximum absolute atomic E-state index is 10.2. The van der Waals surface area contributed by atoms with Crippen molar-refractivity contribution in [1.82, 2.24) is 0 Å². The van der Waals surface area contributed by atoms with Gasteiger partial charge in [0.2, 0.25) is 10.4 Å². The van der Waals surface area contributed by atoms with Crippen molar-refractivity contribution in [2.45, 2.75) is 30.6 Å². The Morgan fingerprint density at radius 1 is 1.00 bits per heavy atom. The van der Waals surface area contributed by atoms with Crippen molar-refractivity contribution in [2.75, 3.05) is 6.26 Å². The van der Waals surface area contributed by atoms with E-state index >= 15 is 0 Å². The van der Waals surface area contributed by atoms with E-state index in [2.05, 4.69) is 41.6 Å². The molecule has 0 fully saturated rings. The van der Waals surface area contributed by atoms with E-state index in [1.807, 2.05) is 12.1 Å². The lowest BCUT2D eigenvalue weighted by molar-refractivity contribution is 0.196. The topological polar surface area (TPSA) is 86.7 Å². The summed E-state index contributed by atoms with van der Waals surface area (Å²) < 4.78 is 35.0. The highest BCUT2D eigenvalue weighted by molar-refractivity contribution is 7.95. The van der Waals surface area contributed by atoms with E-state index in [0.29, 0.717) is 11.3 Å². The van der Waals surface area contributed by atoms with Crippen molar-refractivity contribution < 1.29 is 22.3 Å². The summed E-state index contributed by atoms with van der Waals surface area (Å²) in [6, 6.07) is 24.8. The third kappa shape index (κ3) is 8.59. The predicted molar refractivity (Wildman–Crippen MR) is 120 cm³/mol. The first-order valence-electron chi connectivity index (χ1n) is 9.30. The van der Waals surface area contributed by atoms with Crippen LogP contribution in [0, 0.1) is 6.92 Å². The van der Waals surface area contributed by atoms with Gasteiger partial charge in [0.05, 0.1) is 6.10 Å². The summed E-state index contributed by atoms with van der Waals surface area (Å²) in [4.78, 5) is 1.30. The lowest BCUT2D eigenvalue weighted by Gasteiger charge is -2.14.